The Labute approximate surface area is 143 Å². The van der Waals surface area contributed by atoms with E-state index in [-0.39, 0.29) is 22.9 Å². The van der Waals surface area contributed by atoms with E-state index in [9.17, 15) is 9.59 Å². The van der Waals surface area contributed by atoms with Crippen LogP contribution < -0.4 is 5.32 Å². The van der Waals surface area contributed by atoms with Crippen molar-refractivity contribution in [2.24, 2.45) is 5.41 Å². The molecule has 0 spiro atoms. The number of carbonyl (C=O) groups is 2. The molecule has 5 heteroatoms. The molecule has 1 N–H and O–H groups in total. The predicted molar refractivity (Wildman–Crippen MR) is 92.0 cm³/mol. The summed E-state index contributed by atoms with van der Waals surface area (Å²) in [5.41, 5.74) is 1.77. The molecule has 1 heterocycles. The van der Waals surface area contributed by atoms with E-state index in [2.05, 4.69) is 21.2 Å². The van der Waals surface area contributed by atoms with Crippen LogP contribution >= 0.6 is 15.9 Å². The van der Waals surface area contributed by atoms with E-state index in [1.54, 1.807) is 19.1 Å². The van der Waals surface area contributed by atoms with Crippen molar-refractivity contribution in [3.8, 4) is 0 Å². The molecule has 0 atom stereocenters. The molecule has 0 saturated carbocycles. The molecule has 0 fully saturated rings. The number of furan rings is 1. The third-order valence-corrected chi connectivity index (χ3v) is 4.61. The van der Waals surface area contributed by atoms with Gasteiger partial charge < -0.3 is 9.73 Å². The van der Waals surface area contributed by atoms with Crippen molar-refractivity contribution >= 4 is 33.3 Å². The second-order valence-electron chi connectivity index (χ2n) is 6.76. The average Bonchev–Trinajstić information content (AvgIpc) is 2.77. The van der Waals surface area contributed by atoms with Gasteiger partial charge in [0.2, 0.25) is 0 Å². The van der Waals surface area contributed by atoms with Gasteiger partial charge in [-0.15, -0.1) is 0 Å². The summed E-state index contributed by atoms with van der Waals surface area (Å²) in [6, 6.07) is 7.30. The number of ketones is 1. The van der Waals surface area contributed by atoms with Crippen LogP contribution in [0.15, 0.2) is 33.2 Å². The first kappa shape index (κ1) is 16.0. The Morgan fingerprint density at radius 3 is 2.52 bits per heavy atom. The Morgan fingerprint density at radius 2 is 1.87 bits per heavy atom. The monoisotopic (exact) mass is 375 g/mol. The Hall–Kier alpha value is -1.88. The van der Waals surface area contributed by atoms with Crippen molar-refractivity contribution in [3.05, 3.63) is 51.4 Å². The maximum atomic E-state index is 12.5. The number of hydrogen-bond donors (Lipinski definition) is 1. The molecule has 0 bridgehead atoms. The fourth-order valence-electron chi connectivity index (χ4n) is 3.02. The number of Topliss-reactive ketones (excluding diaryl/α,β-unsaturated/α-hetero) is 1. The van der Waals surface area contributed by atoms with E-state index in [1.165, 1.54) is 0 Å². The van der Waals surface area contributed by atoms with Crippen molar-refractivity contribution in [3.63, 3.8) is 0 Å². The van der Waals surface area contributed by atoms with E-state index >= 15 is 0 Å². The molecule has 0 aliphatic heterocycles. The van der Waals surface area contributed by atoms with Crippen LogP contribution in [0, 0.1) is 12.3 Å². The number of hydrogen-bond acceptors (Lipinski definition) is 3. The molecule has 1 aliphatic rings. The summed E-state index contributed by atoms with van der Waals surface area (Å²) >= 11 is 3.36. The van der Waals surface area contributed by atoms with E-state index in [0.29, 0.717) is 35.4 Å². The molecular weight excluding hydrogens is 358 g/mol. The van der Waals surface area contributed by atoms with Crippen LogP contribution in [0.3, 0.4) is 0 Å². The maximum absolute atomic E-state index is 12.5. The first-order chi connectivity index (χ1) is 10.8. The number of benzene rings is 1. The molecule has 0 unspecified atom stereocenters. The Morgan fingerprint density at radius 1 is 1.22 bits per heavy atom. The molecule has 120 valence electrons. The average molecular weight is 376 g/mol. The number of amides is 1. The predicted octanol–water partition coefficient (Wildman–Crippen LogP) is 4.76. The van der Waals surface area contributed by atoms with Crippen LogP contribution in [0.25, 0.3) is 0 Å². The van der Waals surface area contributed by atoms with Crippen molar-refractivity contribution < 1.29 is 14.0 Å². The third kappa shape index (κ3) is 3.11. The highest BCUT2D eigenvalue weighted by molar-refractivity contribution is 9.10. The summed E-state index contributed by atoms with van der Waals surface area (Å²) in [5.74, 6) is 0.582. The second kappa shape index (κ2) is 5.64. The number of halogens is 1. The molecule has 23 heavy (non-hydrogen) atoms. The van der Waals surface area contributed by atoms with Gasteiger partial charge in [-0.3, -0.25) is 9.59 Å². The number of anilines is 1. The van der Waals surface area contributed by atoms with Crippen molar-refractivity contribution in [2.75, 3.05) is 5.32 Å². The van der Waals surface area contributed by atoms with Crippen LogP contribution in [-0.2, 0) is 6.42 Å². The van der Waals surface area contributed by atoms with Gasteiger partial charge in [0.25, 0.3) is 5.91 Å². The minimum Gasteiger partial charge on any atom is -0.455 e. The lowest BCUT2D eigenvalue weighted by Crippen LogP contribution is -2.26. The normalized spacial score (nSPS) is 16.1. The SMILES string of the molecule is Cc1c(C(=O)Nc2ccc(Br)cc2)oc2c1C(=O)CC(C)(C)C2. The van der Waals surface area contributed by atoms with Crippen molar-refractivity contribution in [1.82, 2.24) is 0 Å². The van der Waals surface area contributed by atoms with E-state index < -0.39 is 0 Å². The lowest BCUT2D eigenvalue weighted by molar-refractivity contribution is 0.0898. The van der Waals surface area contributed by atoms with Gasteiger partial charge in [-0.1, -0.05) is 29.8 Å². The van der Waals surface area contributed by atoms with E-state index in [0.717, 1.165) is 4.47 Å². The Kier molecular flexibility index (Phi) is 3.92. The van der Waals surface area contributed by atoms with E-state index in [4.69, 9.17) is 4.42 Å². The topological polar surface area (TPSA) is 59.3 Å². The first-order valence-corrected chi connectivity index (χ1v) is 8.28. The molecule has 1 amide bonds. The summed E-state index contributed by atoms with van der Waals surface area (Å²) in [5, 5.41) is 2.81. The Bertz CT molecular complexity index is 787. The van der Waals surface area contributed by atoms with Gasteiger partial charge in [-0.25, -0.2) is 0 Å². The molecule has 0 saturated heterocycles. The molecule has 1 aromatic carbocycles. The molecule has 1 aliphatic carbocycles. The number of carbonyl (C=O) groups excluding carboxylic acids is 2. The van der Waals surface area contributed by atoms with Gasteiger partial charge in [0, 0.05) is 28.6 Å². The molecular formula is C18H18BrNO3. The van der Waals surface area contributed by atoms with Crippen molar-refractivity contribution in [2.45, 2.75) is 33.6 Å². The molecule has 2 aromatic rings. The zero-order chi connectivity index (χ0) is 16.8. The van der Waals surface area contributed by atoms with E-state index in [1.807, 2.05) is 26.0 Å². The van der Waals surface area contributed by atoms with Crippen LogP contribution in [-0.4, -0.2) is 11.7 Å². The van der Waals surface area contributed by atoms with Gasteiger partial charge in [0.05, 0.1) is 5.56 Å². The van der Waals surface area contributed by atoms with Gasteiger partial charge in [-0.2, -0.15) is 0 Å². The summed E-state index contributed by atoms with van der Waals surface area (Å²) < 4.78 is 6.70. The zero-order valence-electron chi connectivity index (χ0n) is 13.3. The fourth-order valence-corrected chi connectivity index (χ4v) is 3.28. The lowest BCUT2D eigenvalue weighted by Gasteiger charge is -2.27. The molecule has 1 aromatic heterocycles. The first-order valence-electron chi connectivity index (χ1n) is 7.49. The van der Waals surface area contributed by atoms with Gasteiger partial charge in [0.1, 0.15) is 5.76 Å². The number of fused-ring (bicyclic) bond motifs is 1. The quantitative estimate of drug-likeness (QED) is 0.822. The highest BCUT2D eigenvalue weighted by Gasteiger charge is 2.37. The largest absolute Gasteiger partial charge is 0.455 e. The van der Waals surface area contributed by atoms with Crippen LogP contribution in [0.2, 0.25) is 0 Å². The highest BCUT2D eigenvalue weighted by atomic mass is 79.9. The third-order valence-electron chi connectivity index (χ3n) is 4.09. The zero-order valence-corrected chi connectivity index (χ0v) is 14.9. The Balaban J connectivity index is 1.91. The standard InChI is InChI=1S/C18H18BrNO3/c1-10-15-13(21)8-18(2,3)9-14(15)23-16(10)17(22)20-12-6-4-11(19)5-7-12/h4-7H,8-9H2,1-3H3,(H,20,22). The molecule has 0 radical (unpaired) electrons. The fraction of sp³-hybridized carbons (Fsp3) is 0.333. The lowest BCUT2D eigenvalue weighted by atomic mass is 9.76. The minimum atomic E-state index is -0.329. The second-order valence-corrected chi connectivity index (χ2v) is 7.67. The smallest absolute Gasteiger partial charge is 0.291 e. The summed E-state index contributed by atoms with van der Waals surface area (Å²) in [6.45, 7) is 5.84. The molecule has 4 nitrogen and oxygen atoms in total. The van der Waals surface area contributed by atoms with Gasteiger partial charge in [-0.05, 0) is 36.6 Å². The van der Waals surface area contributed by atoms with Crippen LogP contribution in [0.5, 0.6) is 0 Å². The molecule has 3 rings (SSSR count). The number of nitrogens with one attached hydrogen (secondary N) is 1. The summed E-state index contributed by atoms with van der Waals surface area (Å²) in [4.78, 5) is 24.8. The minimum absolute atomic E-state index is 0.0557. The van der Waals surface area contributed by atoms with Crippen molar-refractivity contribution in [1.29, 1.82) is 0 Å². The van der Waals surface area contributed by atoms with Gasteiger partial charge in [0.15, 0.2) is 11.5 Å². The summed E-state index contributed by atoms with van der Waals surface area (Å²) in [6.07, 6.45) is 1.15. The number of rotatable bonds is 2. The van der Waals surface area contributed by atoms with Gasteiger partial charge >= 0.3 is 0 Å². The highest BCUT2D eigenvalue weighted by Crippen LogP contribution is 2.38. The summed E-state index contributed by atoms with van der Waals surface area (Å²) in [7, 11) is 0. The van der Waals surface area contributed by atoms with Crippen LogP contribution in [0.4, 0.5) is 5.69 Å². The maximum Gasteiger partial charge on any atom is 0.291 e. The van der Waals surface area contributed by atoms with Crippen LogP contribution in [0.1, 0.15) is 52.5 Å².